The third-order valence-corrected chi connectivity index (χ3v) is 4.66. The van der Waals surface area contributed by atoms with Crippen LogP contribution in [0, 0.1) is 0 Å². The van der Waals surface area contributed by atoms with Crippen molar-refractivity contribution in [1.29, 1.82) is 0 Å². The fourth-order valence-electron chi connectivity index (χ4n) is 3.14. The lowest BCUT2D eigenvalue weighted by atomic mass is 9.93. The molecule has 2 heterocycles. The summed E-state index contributed by atoms with van der Waals surface area (Å²) >= 11 is 6.02. The van der Waals surface area contributed by atoms with Gasteiger partial charge in [-0.2, -0.15) is 10.1 Å². The lowest BCUT2D eigenvalue weighted by Gasteiger charge is -2.31. The fraction of sp³-hybridized carbons (Fsp3) is 0.222. The molecule has 122 valence electrons. The average Bonchev–Trinajstić information content (AvgIpc) is 3.10. The highest BCUT2D eigenvalue weighted by atomic mass is 35.5. The van der Waals surface area contributed by atoms with Crippen LogP contribution in [0.25, 0.3) is 0 Å². The summed E-state index contributed by atoms with van der Waals surface area (Å²) in [6.45, 7) is 0. The predicted octanol–water partition coefficient (Wildman–Crippen LogP) is 4.09. The van der Waals surface area contributed by atoms with E-state index in [-0.39, 0.29) is 12.1 Å². The number of halogens is 1. The summed E-state index contributed by atoms with van der Waals surface area (Å²) in [5.41, 5.74) is 2.37. The number of nitrogens with one attached hydrogen (secondary N) is 1. The van der Waals surface area contributed by atoms with Gasteiger partial charge in [-0.3, -0.25) is 0 Å². The normalized spacial score (nSPS) is 19.4. The first-order valence-electron chi connectivity index (χ1n) is 7.80. The zero-order valence-electron chi connectivity index (χ0n) is 13.2. The summed E-state index contributed by atoms with van der Waals surface area (Å²) in [5, 5.41) is 8.58. The number of benzene rings is 2. The lowest BCUT2D eigenvalue weighted by molar-refractivity contribution is 0.413. The van der Waals surface area contributed by atoms with E-state index in [1.807, 2.05) is 28.9 Å². The molecular formula is C18H17ClN4O. The van der Waals surface area contributed by atoms with Gasteiger partial charge >= 0.3 is 0 Å². The Kier molecular flexibility index (Phi) is 3.86. The first kappa shape index (κ1) is 15.0. The maximum Gasteiger partial charge on any atom is 0.222 e. The molecule has 0 saturated heterocycles. The van der Waals surface area contributed by atoms with Gasteiger partial charge < -0.3 is 10.1 Å². The zero-order chi connectivity index (χ0) is 16.5. The van der Waals surface area contributed by atoms with E-state index in [1.54, 1.807) is 13.4 Å². The standard InChI is InChI=1S/C18H17ClN4O/c1-24-15-8-4-12(5-9-15)16-10-17(13-2-6-14(19)7-3-13)23-18(22-16)20-11-21-23/h2-9,11,16-17H,10H2,1H3,(H,20,21,22)/t16-,17+/m0/s1. The molecule has 3 aromatic rings. The molecule has 0 fully saturated rings. The van der Waals surface area contributed by atoms with Gasteiger partial charge in [0, 0.05) is 5.02 Å². The molecule has 0 saturated carbocycles. The van der Waals surface area contributed by atoms with Gasteiger partial charge in [0.25, 0.3) is 0 Å². The highest BCUT2D eigenvalue weighted by Gasteiger charge is 2.29. The summed E-state index contributed by atoms with van der Waals surface area (Å²) in [4.78, 5) is 4.35. The van der Waals surface area contributed by atoms with Gasteiger partial charge in [0.15, 0.2) is 0 Å². The van der Waals surface area contributed by atoms with Crippen LogP contribution < -0.4 is 10.1 Å². The largest absolute Gasteiger partial charge is 0.497 e. The summed E-state index contributed by atoms with van der Waals surface area (Å²) in [6, 6.07) is 16.3. The highest BCUT2D eigenvalue weighted by molar-refractivity contribution is 6.30. The number of rotatable bonds is 3. The highest BCUT2D eigenvalue weighted by Crippen LogP contribution is 2.37. The second-order valence-corrected chi connectivity index (χ2v) is 6.24. The summed E-state index contributed by atoms with van der Waals surface area (Å²) < 4.78 is 7.18. The number of fused-ring (bicyclic) bond motifs is 1. The molecular weight excluding hydrogens is 324 g/mol. The molecule has 0 spiro atoms. The Hall–Kier alpha value is -2.53. The van der Waals surface area contributed by atoms with Crippen molar-refractivity contribution in [3.8, 4) is 5.75 Å². The van der Waals surface area contributed by atoms with Gasteiger partial charge in [-0.05, 0) is 41.8 Å². The number of hydrogen-bond acceptors (Lipinski definition) is 4. The Morgan fingerprint density at radius 1 is 1.08 bits per heavy atom. The summed E-state index contributed by atoms with van der Waals surface area (Å²) in [5.74, 6) is 1.63. The number of aromatic nitrogens is 3. The van der Waals surface area contributed by atoms with E-state index >= 15 is 0 Å². The van der Waals surface area contributed by atoms with E-state index < -0.39 is 0 Å². The van der Waals surface area contributed by atoms with Crippen molar-refractivity contribution < 1.29 is 4.74 Å². The van der Waals surface area contributed by atoms with E-state index in [2.05, 4.69) is 39.7 Å². The van der Waals surface area contributed by atoms with Crippen LogP contribution in [-0.4, -0.2) is 21.9 Å². The van der Waals surface area contributed by atoms with Crippen LogP contribution in [0.2, 0.25) is 5.02 Å². The molecule has 0 amide bonds. The van der Waals surface area contributed by atoms with Gasteiger partial charge in [-0.1, -0.05) is 35.9 Å². The van der Waals surface area contributed by atoms with E-state index in [0.717, 1.165) is 23.1 Å². The molecule has 24 heavy (non-hydrogen) atoms. The van der Waals surface area contributed by atoms with Crippen LogP contribution in [-0.2, 0) is 0 Å². The molecule has 1 N–H and O–H groups in total. The molecule has 1 aliphatic heterocycles. The van der Waals surface area contributed by atoms with Crippen molar-refractivity contribution in [2.75, 3.05) is 12.4 Å². The van der Waals surface area contributed by atoms with Gasteiger partial charge in [0.05, 0.1) is 19.2 Å². The molecule has 2 aromatic carbocycles. The Balaban J connectivity index is 1.68. The summed E-state index contributed by atoms with van der Waals surface area (Å²) in [6.07, 6.45) is 2.46. The van der Waals surface area contributed by atoms with Gasteiger partial charge in [0.2, 0.25) is 5.95 Å². The van der Waals surface area contributed by atoms with E-state index in [0.29, 0.717) is 0 Å². The first-order chi connectivity index (χ1) is 11.7. The Morgan fingerprint density at radius 3 is 2.50 bits per heavy atom. The molecule has 1 aliphatic rings. The molecule has 0 unspecified atom stereocenters. The van der Waals surface area contributed by atoms with Gasteiger partial charge in [0.1, 0.15) is 12.1 Å². The maximum absolute atomic E-state index is 6.02. The molecule has 5 nitrogen and oxygen atoms in total. The van der Waals surface area contributed by atoms with Gasteiger partial charge in [-0.15, -0.1) is 0 Å². The molecule has 4 rings (SSSR count). The first-order valence-corrected chi connectivity index (χ1v) is 8.18. The minimum atomic E-state index is 0.119. The molecule has 2 atom stereocenters. The van der Waals surface area contributed by atoms with E-state index in [4.69, 9.17) is 16.3 Å². The van der Waals surface area contributed by atoms with Crippen LogP contribution in [0.15, 0.2) is 54.9 Å². The van der Waals surface area contributed by atoms with Crippen LogP contribution in [0.4, 0.5) is 5.95 Å². The number of nitrogens with zero attached hydrogens (tertiary/aromatic N) is 3. The average molecular weight is 341 g/mol. The zero-order valence-corrected chi connectivity index (χ0v) is 13.9. The van der Waals surface area contributed by atoms with Gasteiger partial charge in [-0.25, -0.2) is 4.68 Å². The Morgan fingerprint density at radius 2 is 1.79 bits per heavy atom. The maximum atomic E-state index is 6.02. The number of anilines is 1. The smallest absolute Gasteiger partial charge is 0.222 e. The minimum absolute atomic E-state index is 0.119. The Labute approximate surface area is 145 Å². The van der Waals surface area contributed by atoms with Crippen LogP contribution >= 0.6 is 11.6 Å². The summed E-state index contributed by atoms with van der Waals surface area (Å²) in [7, 11) is 1.67. The second-order valence-electron chi connectivity index (χ2n) is 5.80. The van der Waals surface area contributed by atoms with Crippen molar-refractivity contribution in [2.45, 2.75) is 18.5 Å². The molecule has 6 heteroatoms. The quantitative estimate of drug-likeness (QED) is 0.780. The van der Waals surface area contributed by atoms with E-state index in [1.165, 1.54) is 11.1 Å². The van der Waals surface area contributed by atoms with Crippen molar-refractivity contribution in [1.82, 2.24) is 14.8 Å². The molecule has 0 bridgehead atoms. The monoisotopic (exact) mass is 340 g/mol. The Bertz CT molecular complexity index is 829. The molecule has 0 radical (unpaired) electrons. The third-order valence-electron chi connectivity index (χ3n) is 4.40. The van der Waals surface area contributed by atoms with Crippen LogP contribution in [0.3, 0.4) is 0 Å². The van der Waals surface area contributed by atoms with Crippen molar-refractivity contribution in [3.05, 3.63) is 71.0 Å². The number of methoxy groups -OCH3 is 1. The predicted molar refractivity (Wildman–Crippen MR) is 93.6 cm³/mol. The topological polar surface area (TPSA) is 52.0 Å². The van der Waals surface area contributed by atoms with Crippen molar-refractivity contribution in [3.63, 3.8) is 0 Å². The van der Waals surface area contributed by atoms with Crippen LogP contribution in [0.5, 0.6) is 5.75 Å². The lowest BCUT2D eigenvalue weighted by Crippen LogP contribution is -2.28. The second kappa shape index (κ2) is 6.17. The van der Waals surface area contributed by atoms with Crippen LogP contribution in [0.1, 0.15) is 29.6 Å². The number of hydrogen-bond donors (Lipinski definition) is 1. The number of ether oxygens (including phenoxy) is 1. The molecule has 0 aliphatic carbocycles. The minimum Gasteiger partial charge on any atom is -0.497 e. The SMILES string of the molecule is COc1ccc([C@@H]2C[C@H](c3ccc(Cl)cc3)n3ncnc3N2)cc1. The van der Waals surface area contributed by atoms with Crippen molar-refractivity contribution in [2.24, 2.45) is 0 Å². The molecule has 1 aromatic heterocycles. The fourth-order valence-corrected chi connectivity index (χ4v) is 3.26. The third kappa shape index (κ3) is 2.71. The van der Waals surface area contributed by atoms with E-state index in [9.17, 15) is 0 Å². The van der Waals surface area contributed by atoms with Crippen molar-refractivity contribution >= 4 is 17.5 Å².